The Morgan fingerprint density at radius 1 is 1.00 bits per heavy atom. The Balaban J connectivity index is 1.55. The van der Waals surface area contributed by atoms with E-state index in [2.05, 4.69) is 13.8 Å². The van der Waals surface area contributed by atoms with Gasteiger partial charge < -0.3 is 5.73 Å². The summed E-state index contributed by atoms with van der Waals surface area (Å²) in [6.45, 7) is 4.86. The van der Waals surface area contributed by atoms with E-state index in [4.69, 9.17) is 5.73 Å². The van der Waals surface area contributed by atoms with Gasteiger partial charge >= 0.3 is 0 Å². The molecule has 0 radical (unpaired) electrons. The van der Waals surface area contributed by atoms with E-state index in [9.17, 15) is 0 Å². The summed E-state index contributed by atoms with van der Waals surface area (Å²) in [6.07, 6.45) is 17.2. The van der Waals surface area contributed by atoms with Gasteiger partial charge in [0.05, 0.1) is 0 Å². The summed E-state index contributed by atoms with van der Waals surface area (Å²) in [4.78, 5) is 0. The van der Waals surface area contributed by atoms with Crippen molar-refractivity contribution in [1.29, 1.82) is 0 Å². The zero-order valence-electron chi connectivity index (χ0n) is 13.8. The third kappa shape index (κ3) is 2.80. The number of hydrogen-bond donors (Lipinski definition) is 1. The van der Waals surface area contributed by atoms with E-state index in [1.165, 1.54) is 77.0 Å². The van der Waals surface area contributed by atoms with Crippen LogP contribution in [0.1, 0.15) is 90.9 Å². The van der Waals surface area contributed by atoms with Crippen molar-refractivity contribution in [2.24, 2.45) is 28.4 Å². The molecule has 0 saturated heterocycles. The normalized spacial score (nSPS) is 44.0. The number of rotatable bonds is 7. The summed E-state index contributed by atoms with van der Waals surface area (Å²) in [7, 11) is 0. The summed E-state index contributed by atoms with van der Waals surface area (Å²) in [5, 5.41) is 0. The van der Waals surface area contributed by atoms with Gasteiger partial charge in [-0.3, -0.25) is 0 Å². The molecule has 3 atom stereocenters. The van der Waals surface area contributed by atoms with Crippen LogP contribution in [0.4, 0.5) is 0 Å². The van der Waals surface area contributed by atoms with Crippen molar-refractivity contribution < 1.29 is 0 Å². The molecule has 20 heavy (non-hydrogen) atoms. The topological polar surface area (TPSA) is 26.0 Å². The van der Waals surface area contributed by atoms with Crippen molar-refractivity contribution in [3.8, 4) is 0 Å². The van der Waals surface area contributed by atoms with E-state index >= 15 is 0 Å². The Bertz CT molecular complexity index is 321. The minimum Gasteiger partial charge on any atom is -0.327 e. The summed E-state index contributed by atoms with van der Waals surface area (Å²) in [6, 6.07) is 0.495. The average Bonchev–Trinajstić information content (AvgIpc) is 2.35. The number of unbranched alkanes of at least 4 members (excludes halogenated alkanes) is 4. The highest BCUT2D eigenvalue weighted by molar-refractivity contribution is 5.09. The van der Waals surface area contributed by atoms with E-state index in [0.29, 0.717) is 16.9 Å². The second kappa shape index (κ2) is 5.63. The molecule has 4 aliphatic carbocycles. The lowest BCUT2D eigenvalue weighted by Gasteiger charge is -2.63. The Kier molecular flexibility index (Phi) is 4.19. The molecule has 0 spiro atoms. The molecule has 3 unspecified atom stereocenters. The minimum atomic E-state index is 0.495. The lowest BCUT2D eigenvalue weighted by Crippen LogP contribution is -2.57. The van der Waals surface area contributed by atoms with Crippen molar-refractivity contribution in [3.63, 3.8) is 0 Å². The first-order valence-electron chi connectivity index (χ1n) is 9.31. The zero-order valence-corrected chi connectivity index (χ0v) is 13.8. The van der Waals surface area contributed by atoms with Crippen molar-refractivity contribution in [2.45, 2.75) is 96.9 Å². The Labute approximate surface area is 126 Å². The molecule has 0 aromatic carbocycles. The maximum Gasteiger partial charge on any atom is 0.00959 e. The molecule has 1 heteroatoms. The Hall–Kier alpha value is -0.0400. The standard InChI is InChI=1S/C19H35N/c1-3-4-5-6-7-8-17(20)19-12-15-9-16(13-19)11-18(2,10-15)14-19/h15-17H,3-14,20H2,1-2H3. The van der Waals surface area contributed by atoms with Crippen LogP contribution < -0.4 is 5.73 Å². The van der Waals surface area contributed by atoms with Crippen LogP contribution in [-0.2, 0) is 0 Å². The van der Waals surface area contributed by atoms with Gasteiger partial charge in [0, 0.05) is 6.04 Å². The van der Waals surface area contributed by atoms with E-state index in [1.807, 2.05) is 0 Å². The fourth-order valence-electron chi connectivity index (χ4n) is 6.51. The van der Waals surface area contributed by atoms with Gasteiger partial charge in [-0.2, -0.15) is 0 Å². The van der Waals surface area contributed by atoms with Crippen LogP contribution in [-0.4, -0.2) is 6.04 Å². The molecule has 0 aromatic heterocycles. The van der Waals surface area contributed by atoms with Crippen LogP contribution in [0.25, 0.3) is 0 Å². The van der Waals surface area contributed by atoms with Gasteiger partial charge in [0.25, 0.3) is 0 Å². The monoisotopic (exact) mass is 277 g/mol. The summed E-state index contributed by atoms with van der Waals surface area (Å²) in [5.41, 5.74) is 7.95. The highest BCUT2D eigenvalue weighted by atomic mass is 14.7. The molecule has 2 N–H and O–H groups in total. The first-order valence-corrected chi connectivity index (χ1v) is 9.31. The molecular weight excluding hydrogens is 242 g/mol. The summed E-state index contributed by atoms with van der Waals surface area (Å²) < 4.78 is 0. The van der Waals surface area contributed by atoms with Gasteiger partial charge in [-0.05, 0) is 67.6 Å². The molecule has 0 aromatic rings. The van der Waals surface area contributed by atoms with Gasteiger partial charge in [0.1, 0.15) is 0 Å². The van der Waals surface area contributed by atoms with E-state index in [-0.39, 0.29) is 0 Å². The van der Waals surface area contributed by atoms with Crippen LogP contribution >= 0.6 is 0 Å². The van der Waals surface area contributed by atoms with Crippen molar-refractivity contribution in [2.75, 3.05) is 0 Å². The highest BCUT2D eigenvalue weighted by Crippen LogP contribution is 2.66. The summed E-state index contributed by atoms with van der Waals surface area (Å²) >= 11 is 0. The fourth-order valence-corrected chi connectivity index (χ4v) is 6.51. The lowest BCUT2D eigenvalue weighted by molar-refractivity contribution is -0.114. The SMILES string of the molecule is CCCCCCCC(N)C12CC3CC(CC(C)(C3)C1)C2. The van der Waals surface area contributed by atoms with Crippen LogP contribution in [0, 0.1) is 22.7 Å². The van der Waals surface area contributed by atoms with Crippen LogP contribution in [0.2, 0.25) is 0 Å². The van der Waals surface area contributed by atoms with Gasteiger partial charge in [0.15, 0.2) is 0 Å². The van der Waals surface area contributed by atoms with E-state index in [0.717, 1.165) is 11.8 Å². The van der Waals surface area contributed by atoms with Gasteiger partial charge in [-0.1, -0.05) is 46.0 Å². The third-order valence-corrected chi connectivity index (χ3v) is 6.80. The molecule has 4 bridgehead atoms. The van der Waals surface area contributed by atoms with Crippen molar-refractivity contribution in [3.05, 3.63) is 0 Å². The molecule has 1 nitrogen and oxygen atoms in total. The molecule has 0 amide bonds. The first-order chi connectivity index (χ1) is 9.55. The number of nitrogens with two attached hydrogens (primary N) is 1. The fraction of sp³-hybridized carbons (Fsp3) is 1.00. The molecule has 116 valence electrons. The van der Waals surface area contributed by atoms with Gasteiger partial charge in [0.2, 0.25) is 0 Å². The van der Waals surface area contributed by atoms with Crippen LogP contribution in [0.3, 0.4) is 0 Å². The average molecular weight is 277 g/mol. The molecule has 4 aliphatic rings. The largest absolute Gasteiger partial charge is 0.327 e. The van der Waals surface area contributed by atoms with Crippen molar-refractivity contribution >= 4 is 0 Å². The predicted octanol–water partition coefficient (Wildman–Crippen LogP) is 5.28. The van der Waals surface area contributed by atoms with Gasteiger partial charge in [-0.15, -0.1) is 0 Å². The predicted molar refractivity (Wildman–Crippen MR) is 86.6 cm³/mol. The summed E-state index contributed by atoms with van der Waals surface area (Å²) in [5.74, 6) is 2.04. The van der Waals surface area contributed by atoms with Crippen molar-refractivity contribution in [1.82, 2.24) is 0 Å². The molecule has 0 aliphatic heterocycles. The molecule has 4 rings (SSSR count). The lowest BCUT2D eigenvalue weighted by atomic mass is 9.43. The molecule has 0 heterocycles. The van der Waals surface area contributed by atoms with Gasteiger partial charge in [-0.25, -0.2) is 0 Å². The van der Waals surface area contributed by atoms with Crippen LogP contribution in [0.5, 0.6) is 0 Å². The molecule has 4 fully saturated rings. The first kappa shape index (κ1) is 14.9. The third-order valence-electron chi connectivity index (χ3n) is 6.80. The minimum absolute atomic E-state index is 0.495. The number of hydrogen-bond acceptors (Lipinski definition) is 1. The van der Waals surface area contributed by atoms with Crippen LogP contribution in [0.15, 0.2) is 0 Å². The smallest absolute Gasteiger partial charge is 0.00959 e. The molecule has 4 saturated carbocycles. The zero-order chi connectivity index (χ0) is 14.2. The quantitative estimate of drug-likeness (QED) is 0.629. The Morgan fingerprint density at radius 3 is 2.25 bits per heavy atom. The maximum atomic E-state index is 6.75. The second-order valence-electron chi connectivity index (χ2n) is 8.94. The second-order valence-corrected chi connectivity index (χ2v) is 8.94. The van der Waals surface area contributed by atoms with E-state index in [1.54, 1.807) is 0 Å². The Morgan fingerprint density at radius 2 is 1.65 bits per heavy atom. The highest BCUT2D eigenvalue weighted by Gasteiger charge is 2.57. The molecular formula is C19H35N. The maximum absolute atomic E-state index is 6.75. The van der Waals surface area contributed by atoms with E-state index < -0.39 is 0 Å².